The molecular formula is C7H13F2N. The molecule has 0 aromatic heterocycles. The molecule has 1 aliphatic rings. The van der Waals surface area contributed by atoms with E-state index in [1.165, 1.54) is 0 Å². The third-order valence-corrected chi connectivity index (χ3v) is 2.10. The van der Waals surface area contributed by atoms with Gasteiger partial charge in [0.2, 0.25) is 0 Å². The molecule has 1 fully saturated rings. The molecule has 0 radical (unpaired) electrons. The quantitative estimate of drug-likeness (QED) is 0.573. The zero-order valence-corrected chi connectivity index (χ0v) is 6.51. The van der Waals surface area contributed by atoms with Crippen molar-refractivity contribution in [3.63, 3.8) is 0 Å². The summed E-state index contributed by atoms with van der Waals surface area (Å²) in [4.78, 5) is 1.73. The van der Waals surface area contributed by atoms with E-state index >= 15 is 0 Å². The molecule has 1 rings (SSSR count). The van der Waals surface area contributed by atoms with Gasteiger partial charge in [0.1, 0.15) is 0 Å². The van der Waals surface area contributed by atoms with Crippen molar-refractivity contribution < 1.29 is 8.78 Å². The number of hydrogen-bond donors (Lipinski definition) is 0. The molecule has 0 N–H and O–H groups in total. The molecule has 0 bridgehead atoms. The van der Waals surface area contributed by atoms with Crippen molar-refractivity contribution in [2.45, 2.75) is 38.3 Å². The van der Waals surface area contributed by atoms with Gasteiger partial charge in [0, 0.05) is 6.04 Å². The molecule has 0 amide bonds. The van der Waals surface area contributed by atoms with E-state index in [0.29, 0.717) is 0 Å². The maximum atomic E-state index is 12.4. The highest BCUT2D eigenvalue weighted by Gasteiger charge is 2.55. The lowest BCUT2D eigenvalue weighted by atomic mass is 10.3. The van der Waals surface area contributed by atoms with Crippen molar-refractivity contribution >= 4 is 0 Å². The zero-order chi connectivity index (χ0) is 7.89. The van der Waals surface area contributed by atoms with Crippen LogP contribution in [0, 0.1) is 0 Å². The third kappa shape index (κ3) is 1.15. The minimum absolute atomic E-state index is 0.226. The summed E-state index contributed by atoms with van der Waals surface area (Å²) >= 11 is 0. The number of rotatable bonds is 2. The molecule has 0 unspecified atom stereocenters. The fourth-order valence-corrected chi connectivity index (χ4v) is 1.02. The van der Waals surface area contributed by atoms with Crippen molar-refractivity contribution in [1.82, 2.24) is 4.90 Å². The highest BCUT2D eigenvalue weighted by molar-refractivity contribution is 5.06. The summed E-state index contributed by atoms with van der Waals surface area (Å²) in [5.74, 6) is 0. The minimum Gasteiger partial charge on any atom is -0.295 e. The first-order valence-electron chi connectivity index (χ1n) is 3.55. The van der Waals surface area contributed by atoms with Crippen LogP contribution in [0.5, 0.6) is 0 Å². The predicted molar refractivity (Wildman–Crippen MR) is 36.5 cm³/mol. The van der Waals surface area contributed by atoms with E-state index in [-0.39, 0.29) is 6.04 Å². The summed E-state index contributed by atoms with van der Waals surface area (Å²) in [6.45, 7) is 3.86. The van der Waals surface area contributed by atoms with Crippen LogP contribution >= 0.6 is 0 Å². The Morgan fingerprint density at radius 2 is 1.60 bits per heavy atom. The van der Waals surface area contributed by atoms with Crippen LogP contribution in [0.25, 0.3) is 0 Å². The molecule has 0 aliphatic heterocycles. The van der Waals surface area contributed by atoms with Gasteiger partial charge < -0.3 is 0 Å². The fourth-order valence-electron chi connectivity index (χ4n) is 1.02. The van der Waals surface area contributed by atoms with Crippen molar-refractivity contribution in [3.05, 3.63) is 0 Å². The van der Waals surface area contributed by atoms with Crippen molar-refractivity contribution in [3.8, 4) is 0 Å². The molecule has 0 spiro atoms. The van der Waals surface area contributed by atoms with Crippen LogP contribution in [0.3, 0.4) is 0 Å². The second kappa shape index (κ2) is 2.46. The van der Waals surface area contributed by atoms with Gasteiger partial charge in [-0.2, -0.15) is 0 Å². The number of halogens is 2. The van der Waals surface area contributed by atoms with E-state index in [4.69, 9.17) is 0 Å². The second-order valence-electron chi connectivity index (χ2n) is 3.14. The van der Waals surface area contributed by atoms with Crippen LogP contribution in [0.2, 0.25) is 0 Å². The summed E-state index contributed by atoms with van der Waals surface area (Å²) in [5.41, 5.74) is 0. The smallest absolute Gasteiger partial charge is 0.151 e. The highest BCUT2D eigenvalue weighted by atomic mass is 19.2. The Kier molecular flexibility index (Phi) is 1.95. The molecule has 0 aromatic rings. The molecular weight excluding hydrogens is 136 g/mol. The Bertz CT molecular complexity index is 112. The van der Waals surface area contributed by atoms with Gasteiger partial charge in [-0.1, -0.05) is 0 Å². The van der Waals surface area contributed by atoms with E-state index in [1.807, 2.05) is 13.8 Å². The van der Waals surface area contributed by atoms with E-state index in [2.05, 4.69) is 0 Å². The van der Waals surface area contributed by atoms with Crippen molar-refractivity contribution in [2.75, 3.05) is 7.05 Å². The largest absolute Gasteiger partial charge is 0.295 e. The van der Waals surface area contributed by atoms with Crippen LogP contribution < -0.4 is 0 Å². The first-order valence-corrected chi connectivity index (χ1v) is 3.55. The number of nitrogens with zero attached hydrogens (tertiary/aromatic N) is 1. The van der Waals surface area contributed by atoms with Crippen LogP contribution in [-0.2, 0) is 0 Å². The van der Waals surface area contributed by atoms with Crippen LogP contribution in [0.15, 0.2) is 0 Å². The second-order valence-corrected chi connectivity index (χ2v) is 3.14. The topological polar surface area (TPSA) is 3.24 Å². The monoisotopic (exact) mass is 149 g/mol. The van der Waals surface area contributed by atoms with Gasteiger partial charge in [-0.15, -0.1) is 0 Å². The molecule has 0 saturated heterocycles. The van der Waals surface area contributed by atoms with Crippen molar-refractivity contribution in [2.24, 2.45) is 0 Å². The van der Waals surface area contributed by atoms with Gasteiger partial charge in [0.25, 0.3) is 0 Å². The van der Waals surface area contributed by atoms with Crippen LogP contribution in [0.4, 0.5) is 8.78 Å². The third-order valence-electron chi connectivity index (χ3n) is 2.10. The summed E-state index contributed by atoms with van der Waals surface area (Å²) < 4.78 is 24.7. The molecule has 1 aliphatic carbocycles. The van der Waals surface area contributed by atoms with Crippen LogP contribution in [0.1, 0.15) is 13.8 Å². The van der Waals surface area contributed by atoms with E-state index in [1.54, 1.807) is 11.9 Å². The standard InChI is InChI=1S/C7H13F2N/c1-4(2)10(3)7-5(8)6(7)9/h4-7H,1-3H3/t5-,6+,7+. The minimum atomic E-state index is -1.24. The lowest BCUT2D eigenvalue weighted by molar-refractivity contribution is 0.227. The van der Waals surface area contributed by atoms with Gasteiger partial charge in [0.15, 0.2) is 12.3 Å². The van der Waals surface area contributed by atoms with Crippen molar-refractivity contribution in [1.29, 1.82) is 0 Å². The Morgan fingerprint density at radius 1 is 1.20 bits per heavy atom. The number of alkyl halides is 2. The Hall–Kier alpha value is -0.180. The van der Waals surface area contributed by atoms with E-state index in [0.717, 1.165) is 0 Å². The van der Waals surface area contributed by atoms with Crippen LogP contribution in [-0.4, -0.2) is 36.4 Å². The Balaban J connectivity index is 2.38. The van der Waals surface area contributed by atoms with Gasteiger partial charge in [0.05, 0.1) is 6.04 Å². The lowest BCUT2D eigenvalue weighted by Gasteiger charge is -2.19. The lowest BCUT2D eigenvalue weighted by Crippen LogP contribution is -2.30. The Labute approximate surface area is 60.0 Å². The molecule has 0 heterocycles. The maximum absolute atomic E-state index is 12.4. The van der Waals surface area contributed by atoms with Gasteiger partial charge >= 0.3 is 0 Å². The number of hydrogen-bond acceptors (Lipinski definition) is 1. The van der Waals surface area contributed by atoms with Gasteiger partial charge in [-0.05, 0) is 20.9 Å². The first-order chi connectivity index (χ1) is 4.55. The van der Waals surface area contributed by atoms with Gasteiger partial charge in [-0.25, -0.2) is 8.78 Å². The highest BCUT2D eigenvalue weighted by Crippen LogP contribution is 2.35. The maximum Gasteiger partial charge on any atom is 0.151 e. The van der Waals surface area contributed by atoms with E-state index < -0.39 is 18.4 Å². The molecule has 0 aromatic carbocycles. The molecule has 3 atom stereocenters. The average Bonchev–Trinajstić information content (AvgIpc) is 2.40. The van der Waals surface area contributed by atoms with Gasteiger partial charge in [-0.3, -0.25) is 4.90 Å². The average molecular weight is 149 g/mol. The zero-order valence-electron chi connectivity index (χ0n) is 6.51. The summed E-state index contributed by atoms with van der Waals surface area (Å²) in [7, 11) is 1.75. The summed E-state index contributed by atoms with van der Waals surface area (Å²) in [5, 5.41) is 0. The normalized spacial score (nSPS) is 39.3. The fraction of sp³-hybridized carbons (Fsp3) is 1.00. The van der Waals surface area contributed by atoms with E-state index in [9.17, 15) is 8.78 Å². The summed E-state index contributed by atoms with van der Waals surface area (Å²) in [6, 6.07) is -0.246. The molecule has 10 heavy (non-hydrogen) atoms. The molecule has 60 valence electrons. The Morgan fingerprint density at radius 3 is 1.70 bits per heavy atom. The summed E-state index contributed by atoms with van der Waals surface area (Å²) in [6.07, 6.45) is -2.49. The SMILES string of the molecule is CC(C)N(C)[C@H]1[C@H](F)[C@@H]1F. The molecule has 3 heteroatoms. The molecule has 1 nitrogen and oxygen atoms in total. The molecule has 1 saturated carbocycles. The first kappa shape index (κ1) is 7.92. The predicted octanol–water partition coefficient (Wildman–Crippen LogP) is 1.39.